The fraction of sp³-hybridized carbons (Fsp3) is 0.550. The SMILES string of the molecule is CC(=O)N1CCc2cc(C(=O)N3CCCC(NC(=O)C(C)C)C3)ccc21. The fourth-order valence-electron chi connectivity index (χ4n) is 3.69. The topological polar surface area (TPSA) is 69.7 Å². The Bertz CT molecular complexity index is 729. The molecule has 26 heavy (non-hydrogen) atoms. The number of rotatable bonds is 3. The Morgan fingerprint density at radius 1 is 1.19 bits per heavy atom. The molecule has 2 heterocycles. The van der Waals surface area contributed by atoms with Gasteiger partial charge in [0.25, 0.3) is 5.91 Å². The van der Waals surface area contributed by atoms with E-state index in [1.54, 1.807) is 17.9 Å². The highest BCUT2D eigenvalue weighted by Crippen LogP contribution is 2.29. The van der Waals surface area contributed by atoms with Gasteiger partial charge in [0, 0.05) is 49.8 Å². The van der Waals surface area contributed by atoms with Crippen LogP contribution in [0.4, 0.5) is 5.69 Å². The van der Waals surface area contributed by atoms with Gasteiger partial charge in [-0.25, -0.2) is 0 Å². The van der Waals surface area contributed by atoms with Gasteiger partial charge in [-0.1, -0.05) is 13.8 Å². The summed E-state index contributed by atoms with van der Waals surface area (Å²) in [4.78, 5) is 40.1. The Morgan fingerprint density at radius 3 is 2.65 bits per heavy atom. The smallest absolute Gasteiger partial charge is 0.253 e. The van der Waals surface area contributed by atoms with Crippen molar-refractivity contribution >= 4 is 23.4 Å². The van der Waals surface area contributed by atoms with E-state index in [1.165, 1.54) is 0 Å². The standard InChI is InChI=1S/C20H27N3O3/c1-13(2)19(25)21-17-5-4-9-22(12-17)20(26)16-6-7-18-15(11-16)8-10-23(18)14(3)24/h6-7,11,13,17H,4-5,8-10,12H2,1-3H3,(H,21,25). The van der Waals surface area contributed by atoms with Crippen LogP contribution in [0.5, 0.6) is 0 Å². The summed E-state index contributed by atoms with van der Waals surface area (Å²) >= 11 is 0. The molecular formula is C20H27N3O3. The average Bonchev–Trinajstić information content (AvgIpc) is 3.04. The highest BCUT2D eigenvalue weighted by atomic mass is 16.2. The fourth-order valence-corrected chi connectivity index (χ4v) is 3.69. The summed E-state index contributed by atoms with van der Waals surface area (Å²) in [7, 11) is 0. The molecule has 140 valence electrons. The molecule has 3 amide bonds. The second-order valence-corrected chi connectivity index (χ2v) is 7.52. The summed E-state index contributed by atoms with van der Waals surface area (Å²) in [5.41, 5.74) is 2.62. The normalized spacial score (nSPS) is 19.5. The van der Waals surface area contributed by atoms with Crippen molar-refractivity contribution in [3.05, 3.63) is 29.3 Å². The van der Waals surface area contributed by atoms with E-state index >= 15 is 0 Å². The number of anilines is 1. The predicted molar refractivity (Wildman–Crippen MR) is 100 cm³/mol. The Morgan fingerprint density at radius 2 is 1.96 bits per heavy atom. The molecule has 1 atom stereocenters. The summed E-state index contributed by atoms with van der Waals surface area (Å²) in [5.74, 6) is 0.00771. The minimum atomic E-state index is -0.0537. The molecular weight excluding hydrogens is 330 g/mol. The lowest BCUT2D eigenvalue weighted by Crippen LogP contribution is -2.50. The number of likely N-dealkylation sites (tertiary alicyclic amines) is 1. The van der Waals surface area contributed by atoms with Crippen LogP contribution in [-0.2, 0) is 16.0 Å². The van der Waals surface area contributed by atoms with Crippen molar-refractivity contribution in [2.75, 3.05) is 24.5 Å². The summed E-state index contributed by atoms with van der Waals surface area (Å²) in [5, 5.41) is 3.04. The molecule has 0 aromatic heterocycles. The Labute approximate surface area is 154 Å². The zero-order valence-electron chi connectivity index (χ0n) is 15.7. The molecule has 1 aromatic carbocycles. The molecule has 0 aliphatic carbocycles. The molecule has 0 saturated carbocycles. The van der Waals surface area contributed by atoms with E-state index in [-0.39, 0.29) is 29.7 Å². The van der Waals surface area contributed by atoms with Gasteiger partial charge in [-0.15, -0.1) is 0 Å². The second kappa shape index (κ2) is 7.48. The van der Waals surface area contributed by atoms with Crippen LogP contribution in [0.2, 0.25) is 0 Å². The van der Waals surface area contributed by atoms with Crippen molar-refractivity contribution in [2.45, 2.75) is 46.1 Å². The van der Waals surface area contributed by atoms with Crippen molar-refractivity contribution in [2.24, 2.45) is 5.92 Å². The number of nitrogens with one attached hydrogen (secondary N) is 1. The first-order chi connectivity index (χ1) is 12.4. The van der Waals surface area contributed by atoms with E-state index in [0.29, 0.717) is 25.2 Å². The highest BCUT2D eigenvalue weighted by molar-refractivity contribution is 5.98. The third kappa shape index (κ3) is 3.74. The molecule has 2 aliphatic rings. The monoisotopic (exact) mass is 357 g/mol. The molecule has 1 saturated heterocycles. The summed E-state index contributed by atoms with van der Waals surface area (Å²) < 4.78 is 0. The first-order valence-corrected chi connectivity index (χ1v) is 9.37. The number of piperidine rings is 1. The van der Waals surface area contributed by atoms with Crippen LogP contribution in [0, 0.1) is 5.92 Å². The number of nitrogens with zero attached hydrogens (tertiary/aromatic N) is 2. The number of carbonyl (C=O) groups is 3. The van der Waals surface area contributed by atoms with Gasteiger partial charge in [0.05, 0.1) is 0 Å². The summed E-state index contributed by atoms with van der Waals surface area (Å²) in [6, 6.07) is 5.61. The lowest BCUT2D eigenvalue weighted by molar-refractivity contribution is -0.125. The van der Waals surface area contributed by atoms with Crippen LogP contribution < -0.4 is 10.2 Å². The predicted octanol–water partition coefficient (Wildman–Crippen LogP) is 1.97. The molecule has 1 aromatic rings. The lowest BCUT2D eigenvalue weighted by Gasteiger charge is -2.33. The highest BCUT2D eigenvalue weighted by Gasteiger charge is 2.28. The number of hydrogen-bond donors (Lipinski definition) is 1. The zero-order chi connectivity index (χ0) is 18.8. The molecule has 0 spiro atoms. The third-order valence-electron chi connectivity index (χ3n) is 5.18. The van der Waals surface area contributed by atoms with Crippen molar-refractivity contribution in [1.82, 2.24) is 10.2 Å². The maximum atomic E-state index is 12.9. The van der Waals surface area contributed by atoms with Crippen LogP contribution in [0.25, 0.3) is 0 Å². The second-order valence-electron chi connectivity index (χ2n) is 7.52. The van der Waals surface area contributed by atoms with Gasteiger partial charge < -0.3 is 15.1 Å². The first-order valence-electron chi connectivity index (χ1n) is 9.37. The van der Waals surface area contributed by atoms with Gasteiger partial charge in [-0.2, -0.15) is 0 Å². The molecule has 3 rings (SSSR count). The molecule has 0 bridgehead atoms. The first kappa shape index (κ1) is 18.4. The average molecular weight is 357 g/mol. The minimum absolute atomic E-state index is 0.00225. The van der Waals surface area contributed by atoms with E-state index in [1.807, 2.05) is 30.9 Å². The molecule has 1 fully saturated rings. The lowest BCUT2D eigenvalue weighted by atomic mass is 10.0. The molecule has 2 aliphatic heterocycles. The Balaban J connectivity index is 1.69. The number of hydrogen-bond acceptors (Lipinski definition) is 3. The molecule has 6 heteroatoms. The van der Waals surface area contributed by atoms with Crippen LogP contribution in [0.3, 0.4) is 0 Å². The number of fused-ring (bicyclic) bond motifs is 1. The summed E-state index contributed by atoms with van der Waals surface area (Å²) in [6.45, 7) is 7.24. The van der Waals surface area contributed by atoms with Crippen LogP contribution in [0.1, 0.15) is 49.5 Å². The van der Waals surface area contributed by atoms with Gasteiger partial charge >= 0.3 is 0 Å². The van der Waals surface area contributed by atoms with Crippen LogP contribution in [-0.4, -0.2) is 48.3 Å². The van der Waals surface area contributed by atoms with E-state index in [4.69, 9.17) is 0 Å². The Kier molecular flexibility index (Phi) is 5.30. The van der Waals surface area contributed by atoms with E-state index in [2.05, 4.69) is 5.32 Å². The van der Waals surface area contributed by atoms with Crippen molar-refractivity contribution in [1.29, 1.82) is 0 Å². The van der Waals surface area contributed by atoms with Crippen molar-refractivity contribution in [3.63, 3.8) is 0 Å². The maximum Gasteiger partial charge on any atom is 0.253 e. The van der Waals surface area contributed by atoms with Gasteiger partial charge in [0.15, 0.2) is 0 Å². The summed E-state index contributed by atoms with van der Waals surface area (Å²) in [6.07, 6.45) is 2.57. The number of amides is 3. The van der Waals surface area contributed by atoms with Gasteiger partial charge in [-0.05, 0) is 43.0 Å². The molecule has 0 radical (unpaired) electrons. The maximum absolute atomic E-state index is 12.9. The Hall–Kier alpha value is -2.37. The largest absolute Gasteiger partial charge is 0.351 e. The third-order valence-corrected chi connectivity index (χ3v) is 5.18. The quantitative estimate of drug-likeness (QED) is 0.899. The minimum Gasteiger partial charge on any atom is -0.351 e. The van der Waals surface area contributed by atoms with E-state index in [0.717, 1.165) is 30.5 Å². The van der Waals surface area contributed by atoms with Crippen LogP contribution >= 0.6 is 0 Å². The van der Waals surface area contributed by atoms with E-state index in [9.17, 15) is 14.4 Å². The van der Waals surface area contributed by atoms with Crippen molar-refractivity contribution in [3.8, 4) is 0 Å². The van der Waals surface area contributed by atoms with Gasteiger partial charge in [0.1, 0.15) is 0 Å². The number of carbonyl (C=O) groups excluding carboxylic acids is 3. The van der Waals surface area contributed by atoms with E-state index < -0.39 is 0 Å². The van der Waals surface area contributed by atoms with Crippen LogP contribution in [0.15, 0.2) is 18.2 Å². The molecule has 1 unspecified atom stereocenters. The molecule has 6 nitrogen and oxygen atoms in total. The molecule has 1 N–H and O–H groups in total. The van der Waals surface area contributed by atoms with Gasteiger partial charge in [0.2, 0.25) is 11.8 Å². The van der Waals surface area contributed by atoms with Crippen molar-refractivity contribution < 1.29 is 14.4 Å². The van der Waals surface area contributed by atoms with Gasteiger partial charge in [-0.3, -0.25) is 14.4 Å². The number of benzene rings is 1. The zero-order valence-corrected chi connectivity index (χ0v) is 15.7.